The van der Waals surface area contributed by atoms with Crippen LogP contribution in [0.2, 0.25) is 5.02 Å². The van der Waals surface area contributed by atoms with E-state index in [4.69, 9.17) is 16.6 Å². The average Bonchev–Trinajstić information content (AvgIpc) is 3.06. The lowest BCUT2D eigenvalue weighted by molar-refractivity contribution is 0.101. The number of Topliss-reactive ketones (excluding diaryl/α,β-unsaturated/α-hetero) is 1. The fourth-order valence-electron chi connectivity index (χ4n) is 3.01. The number of benzene rings is 3. The SMILES string of the molecule is CC(=O)c1ccc2[nH]c(-c3ccc(Cl)cc3)nc2c1-c1ccccc1. The van der Waals surface area contributed by atoms with E-state index < -0.39 is 0 Å². The summed E-state index contributed by atoms with van der Waals surface area (Å²) in [7, 11) is 0. The van der Waals surface area contributed by atoms with Gasteiger partial charge in [-0.05, 0) is 48.9 Å². The molecule has 3 aromatic carbocycles. The summed E-state index contributed by atoms with van der Waals surface area (Å²) in [5, 5.41) is 0.684. The van der Waals surface area contributed by atoms with Gasteiger partial charge in [-0.2, -0.15) is 0 Å². The van der Waals surface area contributed by atoms with Gasteiger partial charge in [-0.1, -0.05) is 41.9 Å². The number of aromatic amines is 1. The second-order valence-corrected chi connectivity index (χ2v) is 6.34. The Morgan fingerprint density at radius 2 is 1.64 bits per heavy atom. The first kappa shape index (κ1) is 15.6. The Balaban J connectivity index is 1.98. The summed E-state index contributed by atoms with van der Waals surface area (Å²) in [6, 6.07) is 21.2. The van der Waals surface area contributed by atoms with E-state index in [0.717, 1.165) is 33.5 Å². The van der Waals surface area contributed by atoms with Crippen LogP contribution in [-0.4, -0.2) is 15.8 Å². The Morgan fingerprint density at radius 1 is 0.920 bits per heavy atom. The number of aromatic nitrogens is 2. The first-order valence-electron chi connectivity index (χ1n) is 7.98. The first-order chi connectivity index (χ1) is 12.1. The number of carbonyl (C=O) groups excluding carboxylic acids is 1. The molecule has 0 saturated carbocycles. The number of nitrogens with one attached hydrogen (secondary N) is 1. The quantitative estimate of drug-likeness (QED) is 0.480. The van der Waals surface area contributed by atoms with Gasteiger partial charge in [-0.15, -0.1) is 0 Å². The standard InChI is InChI=1S/C21H15ClN2O/c1-13(25)17-11-12-18-20(19(17)14-5-3-2-4-6-14)24-21(23-18)15-7-9-16(22)10-8-15/h2-12H,1H3,(H,23,24). The molecule has 0 aliphatic rings. The largest absolute Gasteiger partial charge is 0.338 e. The van der Waals surface area contributed by atoms with Gasteiger partial charge in [-0.25, -0.2) is 4.98 Å². The zero-order chi connectivity index (χ0) is 17.4. The first-order valence-corrected chi connectivity index (χ1v) is 8.36. The van der Waals surface area contributed by atoms with Crippen molar-refractivity contribution >= 4 is 28.4 Å². The lowest BCUT2D eigenvalue weighted by atomic mass is 9.96. The molecule has 0 spiro atoms. The lowest BCUT2D eigenvalue weighted by Gasteiger charge is -2.08. The normalized spacial score (nSPS) is 11.0. The van der Waals surface area contributed by atoms with Gasteiger partial charge in [-0.3, -0.25) is 4.79 Å². The van der Waals surface area contributed by atoms with Gasteiger partial charge in [0.25, 0.3) is 0 Å². The number of fused-ring (bicyclic) bond motifs is 1. The van der Waals surface area contributed by atoms with Crippen LogP contribution in [0.5, 0.6) is 0 Å². The van der Waals surface area contributed by atoms with Gasteiger partial charge in [0.1, 0.15) is 5.82 Å². The highest BCUT2D eigenvalue weighted by Gasteiger charge is 2.16. The van der Waals surface area contributed by atoms with Crippen molar-refractivity contribution < 1.29 is 4.79 Å². The molecule has 0 fully saturated rings. The van der Waals surface area contributed by atoms with Crippen molar-refractivity contribution in [1.29, 1.82) is 0 Å². The summed E-state index contributed by atoms with van der Waals surface area (Å²) in [5.74, 6) is 0.779. The number of H-pyrrole nitrogens is 1. The Kier molecular flexibility index (Phi) is 3.86. The zero-order valence-corrected chi connectivity index (χ0v) is 14.3. The highest BCUT2D eigenvalue weighted by Crippen LogP contribution is 2.33. The molecule has 0 aliphatic heterocycles. The molecule has 0 aliphatic carbocycles. The monoisotopic (exact) mass is 346 g/mol. The third kappa shape index (κ3) is 2.83. The molecule has 0 unspecified atom stereocenters. The molecule has 1 aromatic heterocycles. The molecule has 0 radical (unpaired) electrons. The maximum absolute atomic E-state index is 12.1. The molecule has 1 heterocycles. The van der Waals surface area contributed by atoms with Crippen molar-refractivity contribution in [3.63, 3.8) is 0 Å². The molecular formula is C21H15ClN2O. The Morgan fingerprint density at radius 3 is 2.32 bits per heavy atom. The molecule has 0 saturated heterocycles. The topological polar surface area (TPSA) is 45.8 Å². The van der Waals surface area contributed by atoms with Crippen LogP contribution in [0.1, 0.15) is 17.3 Å². The summed E-state index contributed by atoms with van der Waals surface area (Å²) < 4.78 is 0. The number of hydrogen-bond donors (Lipinski definition) is 1. The molecule has 0 atom stereocenters. The van der Waals surface area contributed by atoms with Crippen LogP contribution in [0.3, 0.4) is 0 Å². The number of halogens is 1. The molecular weight excluding hydrogens is 332 g/mol. The van der Waals surface area contributed by atoms with Gasteiger partial charge < -0.3 is 4.98 Å². The Hall–Kier alpha value is -2.91. The highest BCUT2D eigenvalue weighted by atomic mass is 35.5. The fourth-order valence-corrected chi connectivity index (χ4v) is 3.14. The Labute approximate surface area is 150 Å². The molecule has 25 heavy (non-hydrogen) atoms. The number of ketones is 1. The molecule has 4 rings (SSSR count). The van der Waals surface area contributed by atoms with Gasteiger partial charge in [0.05, 0.1) is 11.0 Å². The third-order valence-corrected chi connectivity index (χ3v) is 4.47. The van der Waals surface area contributed by atoms with Crippen LogP contribution in [0.15, 0.2) is 66.7 Å². The maximum atomic E-state index is 12.1. The number of carbonyl (C=O) groups is 1. The van der Waals surface area contributed by atoms with E-state index in [1.54, 1.807) is 6.92 Å². The Bertz CT molecular complexity index is 1070. The summed E-state index contributed by atoms with van der Waals surface area (Å²) in [4.78, 5) is 20.3. The van der Waals surface area contributed by atoms with Crippen LogP contribution in [0.4, 0.5) is 0 Å². The maximum Gasteiger partial charge on any atom is 0.160 e. The summed E-state index contributed by atoms with van der Waals surface area (Å²) in [6.07, 6.45) is 0. The number of nitrogens with zero attached hydrogens (tertiary/aromatic N) is 1. The molecule has 3 nitrogen and oxygen atoms in total. The number of rotatable bonds is 3. The van der Waals surface area contributed by atoms with Crippen LogP contribution < -0.4 is 0 Å². The number of hydrogen-bond acceptors (Lipinski definition) is 2. The van der Waals surface area contributed by atoms with Gasteiger partial charge in [0.15, 0.2) is 5.78 Å². The van der Waals surface area contributed by atoms with Crippen molar-refractivity contribution in [2.75, 3.05) is 0 Å². The van der Waals surface area contributed by atoms with Crippen molar-refractivity contribution in [2.45, 2.75) is 6.92 Å². The second-order valence-electron chi connectivity index (χ2n) is 5.90. The van der Waals surface area contributed by atoms with Crippen LogP contribution in [-0.2, 0) is 0 Å². The molecule has 0 amide bonds. The van der Waals surface area contributed by atoms with E-state index in [9.17, 15) is 4.79 Å². The molecule has 122 valence electrons. The lowest BCUT2D eigenvalue weighted by Crippen LogP contribution is -1.97. The minimum absolute atomic E-state index is 0.0248. The molecule has 4 heteroatoms. The van der Waals surface area contributed by atoms with Crippen LogP contribution in [0.25, 0.3) is 33.5 Å². The molecule has 1 N–H and O–H groups in total. The van der Waals surface area contributed by atoms with E-state index in [2.05, 4.69) is 4.98 Å². The number of imidazole rings is 1. The van der Waals surface area contributed by atoms with E-state index in [1.165, 1.54) is 0 Å². The third-order valence-electron chi connectivity index (χ3n) is 4.21. The molecule has 0 bridgehead atoms. The second kappa shape index (κ2) is 6.19. The fraction of sp³-hybridized carbons (Fsp3) is 0.0476. The van der Waals surface area contributed by atoms with E-state index in [0.29, 0.717) is 10.6 Å². The predicted octanol–water partition coefficient (Wildman–Crippen LogP) is 5.75. The van der Waals surface area contributed by atoms with Crippen LogP contribution >= 0.6 is 11.6 Å². The van der Waals surface area contributed by atoms with Gasteiger partial charge >= 0.3 is 0 Å². The predicted molar refractivity (Wildman–Crippen MR) is 102 cm³/mol. The van der Waals surface area contributed by atoms with E-state index >= 15 is 0 Å². The van der Waals surface area contributed by atoms with Crippen molar-refractivity contribution in [1.82, 2.24) is 9.97 Å². The molecule has 4 aromatic rings. The minimum Gasteiger partial charge on any atom is -0.338 e. The van der Waals surface area contributed by atoms with E-state index in [-0.39, 0.29) is 5.78 Å². The van der Waals surface area contributed by atoms with Crippen LogP contribution in [0, 0.1) is 0 Å². The average molecular weight is 347 g/mol. The highest BCUT2D eigenvalue weighted by molar-refractivity contribution is 6.30. The van der Waals surface area contributed by atoms with Crippen molar-refractivity contribution in [3.8, 4) is 22.5 Å². The minimum atomic E-state index is 0.0248. The van der Waals surface area contributed by atoms with Gasteiger partial charge in [0.2, 0.25) is 0 Å². The van der Waals surface area contributed by atoms with Crippen molar-refractivity contribution in [2.24, 2.45) is 0 Å². The summed E-state index contributed by atoms with van der Waals surface area (Å²) in [5.41, 5.74) is 5.16. The summed E-state index contributed by atoms with van der Waals surface area (Å²) >= 11 is 5.97. The summed E-state index contributed by atoms with van der Waals surface area (Å²) in [6.45, 7) is 1.58. The van der Waals surface area contributed by atoms with Crippen molar-refractivity contribution in [3.05, 3.63) is 77.3 Å². The van der Waals surface area contributed by atoms with E-state index in [1.807, 2.05) is 66.7 Å². The smallest absolute Gasteiger partial charge is 0.160 e. The zero-order valence-electron chi connectivity index (χ0n) is 13.6. The van der Waals surface area contributed by atoms with Gasteiger partial charge in [0, 0.05) is 21.7 Å².